The molecule has 0 unspecified atom stereocenters. The lowest BCUT2D eigenvalue weighted by atomic mass is 9.94. The van der Waals surface area contributed by atoms with Crippen LogP contribution in [0.3, 0.4) is 0 Å². The predicted molar refractivity (Wildman–Crippen MR) is 89.8 cm³/mol. The van der Waals surface area contributed by atoms with Gasteiger partial charge in [-0.3, -0.25) is 9.11 Å². The van der Waals surface area contributed by atoms with Gasteiger partial charge in [-0.05, 0) is 28.3 Å². The molecule has 4 rings (SSSR count). The molecule has 0 saturated heterocycles. The van der Waals surface area contributed by atoms with Gasteiger partial charge in [0, 0.05) is 16.2 Å². The summed E-state index contributed by atoms with van der Waals surface area (Å²) >= 11 is 0. The van der Waals surface area contributed by atoms with Crippen molar-refractivity contribution in [1.82, 2.24) is 0 Å². The largest absolute Gasteiger partial charge is 0.295 e. The maximum Gasteiger partial charge on any atom is 0.295 e. The van der Waals surface area contributed by atoms with Crippen LogP contribution in [0.5, 0.6) is 0 Å². The molecule has 0 radical (unpaired) electrons. The molecule has 4 aromatic carbocycles. The highest BCUT2D eigenvalue weighted by atomic mass is 32.2. The zero-order valence-corrected chi connectivity index (χ0v) is 13.6. The highest BCUT2D eigenvalue weighted by Gasteiger charge is 2.22. The van der Waals surface area contributed by atoms with Crippen molar-refractivity contribution in [2.75, 3.05) is 0 Å². The Labute approximate surface area is 137 Å². The lowest BCUT2D eigenvalue weighted by Gasteiger charge is -2.14. The van der Waals surface area contributed by atoms with Crippen molar-refractivity contribution in [1.29, 1.82) is 0 Å². The standard InChI is InChI=1S/C16H10O6S2/c17-23(18,19)13-7-6-12-14(24(20,21)22)8-10-3-1-2-9-4-5-11(13)16(12)15(9)10/h1-8H,(H,17,18,19)(H,20,21,22). The summed E-state index contributed by atoms with van der Waals surface area (Å²) in [6, 6.07) is 12.2. The zero-order chi connectivity index (χ0) is 17.3. The Morgan fingerprint density at radius 3 is 1.88 bits per heavy atom. The summed E-state index contributed by atoms with van der Waals surface area (Å²) in [4.78, 5) is -0.616. The molecule has 0 bridgehead atoms. The van der Waals surface area contributed by atoms with E-state index in [0.29, 0.717) is 16.2 Å². The molecule has 6 nitrogen and oxygen atoms in total. The quantitative estimate of drug-likeness (QED) is 0.419. The second-order valence-electron chi connectivity index (χ2n) is 5.50. The van der Waals surface area contributed by atoms with Crippen LogP contribution in [0.2, 0.25) is 0 Å². The second kappa shape index (κ2) is 4.64. The van der Waals surface area contributed by atoms with E-state index in [1.807, 2.05) is 6.07 Å². The average molecular weight is 362 g/mol. The fraction of sp³-hybridized carbons (Fsp3) is 0. The molecule has 8 heteroatoms. The summed E-state index contributed by atoms with van der Waals surface area (Å²) in [5.41, 5.74) is 0. The summed E-state index contributed by atoms with van der Waals surface area (Å²) < 4.78 is 65.8. The molecule has 24 heavy (non-hydrogen) atoms. The van der Waals surface area contributed by atoms with Crippen molar-refractivity contribution in [2.24, 2.45) is 0 Å². The summed E-state index contributed by atoms with van der Waals surface area (Å²) in [5.74, 6) is 0. The van der Waals surface area contributed by atoms with Gasteiger partial charge < -0.3 is 0 Å². The summed E-state index contributed by atoms with van der Waals surface area (Å²) in [6.07, 6.45) is 0. The fourth-order valence-electron chi connectivity index (χ4n) is 3.21. The minimum absolute atomic E-state index is 0.198. The van der Waals surface area contributed by atoms with Gasteiger partial charge in [0.15, 0.2) is 0 Å². The highest BCUT2D eigenvalue weighted by molar-refractivity contribution is 7.86. The van der Waals surface area contributed by atoms with Crippen molar-refractivity contribution in [3.05, 3.63) is 48.5 Å². The maximum absolute atomic E-state index is 11.8. The number of rotatable bonds is 2. The van der Waals surface area contributed by atoms with Crippen LogP contribution in [0.15, 0.2) is 58.3 Å². The molecule has 0 aliphatic carbocycles. The molecule has 4 aromatic rings. The third-order valence-corrected chi connectivity index (χ3v) is 5.93. The van der Waals surface area contributed by atoms with E-state index in [9.17, 15) is 25.9 Å². The van der Waals surface area contributed by atoms with E-state index < -0.39 is 20.2 Å². The number of benzene rings is 4. The van der Waals surface area contributed by atoms with Crippen LogP contribution >= 0.6 is 0 Å². The van der Waals surface area contributed by atoms with Gasteiger partial charge in [0.2, 0.25) is 0 Å². The van der Waals surface area contributed by atoms with Crippen LogP contribution in [-0.2, 0) is 20.2 Å². The molecular weight excluding hydrogens is 352 g/mol. The molecule has 0 heterocycles. The van der Waals surface area contributed by atoms with Crippen LogP contribution in [0.25, 0.3) is 32.3 Å². The predicted octanol–water partition coefficient (Wildman–Crippen LogP) is 3.08. The van der Waals surface area contributed by atoms with E-state index in [0.717, 1.165) is 11.5 Å². The van der Waals surface area contributed by atoms with Gasteiger partial charge in [0.25, 0.3) is 20.2 Å². The van der Waals surface area contributed by atoms with Crippen molar-refractivity contribution < 1.29 is 25.9 Å². The molecule has 0 aliphatic rings. The third-order valence-electron chi connectivity index (χ3n) is 4.12. The first-order valence-corrected chi connectivity index (χ1v) is 9.71. The Balaban J connectivity index is 2.42. The van der Waals surface area contributed by atoms with E-state index in [-0.39, 0.29) is 20.6 Å². The minimum atomic E-state index is -4.51. The van der Waals surface area contributed by atoms with E-state index in [4.69, 9.17) is 0 Å². The molecule has 0 atom stereocenters. The second-order valence-corrected chi connectivity index (χ2v) is 8.28. The zero-order valence-electron chi connectivity index (χ0n) is 12.0. The summed E-state index contributed by atoms with van der Waals surface area (Å²) in [5, 5.41) is 2.77. The molecule has 0 aliphatic heterocycles. The maximum atomic E-state index is 11.8. The van der Waals surface area contributed by atoms with Gasteiger partial charge in [-0.15, -0.1) is 0 Å². The Morgan fingerprint density at radius 1 is 0.625 bits per heavy atom. The van der Waals surface area contributed by atoms with Gasteiger partial charge in [-0.2, -0.15) is 16.8 Å². The first-order valence-electron chi connectivity index (χ1n) is 6.83. The third kappa shape index (κ3) is 2.08. The Hall–Kier alpha value is -2.26. The van der Waals surface area contributed by atoms with Gasteiger partial charge in [0.05, 0.1) is 0 Å². The van der Waals surface area contributed by atoms with Crippen LogP contribution < -0.4 is 0 Å². The van der Waals surface area contributed by atoms with Crippen molar-refractivity contribution >= 4 is 52.6 Å². The minimum Gasteiger partial charge on any atom is -0.282 e. The number of hydrogen-bond acceptors (Lipinski definition) is 4. The lowest BCUT2D eigenvalue weighted by molar-refractivity contribution is 0.482. The first kappa shape index (κ1) is 15.3. The summed E-state index contributed by atoms with van der Waals surface area (Å²) in [6.45, 7) is 0. The molecule has 0 amide bonds. The lowest BCUT2D eigenvalue weighted by Crippen LogP contribution is -2.03. The molecule has 2 N–H and O–H groups in total. The normalized spacial score (nSPS) is 13.2. The fourth-order valence-corrected chi connectivity index (χ4v) is 4.62. The SMILES string of the molecule is O=S(=O)(O)c1ccc2c(S(=O)(=O)O)cc3cccc4ccc1c2c43. The van der Waals surface area contributed by atoms with Crippen LogP contribution in [0, 0.1) is 0 Å². The van der Waals surface area contributed by atoms with Gasteiger partial charge in [-0.25, -0.2) is 0 Å². The first-order chi connectivity index (χ1) is 11.2. The van der Waals surface area contributed by atoms with Gasteiger partial charge >= 0.3 is 0 Å². The van der Waals surface area contributed by atoms with Gasteiger partial charge in [0.1, 0.15) is 9.79 Å². The van der Waals surface area contributed by atoms with E-state index in [2.05, 4.69) is 0 Å². The van der Waals surface area contributed by atoms with Crippen LogP contribution in [-0.4, -0.2) is 25.9 Å². The van der Waals surface area contributed by atoms with Gasteiger partial charge in [-0.1, -0.05) is 36.4 Å². The average Bonchev–Trinajstić information content (AvgIpc) is 2.50. The van der Waals surface area contributed by atoms with Crippen LogP contribution in [0.1, 0.15) is 0 Å². The Bertz CT molecular complexity index is 1330. The van der Waals surface area contributed by atoms with Crippen molar-refractivity contribution in [3.63, 3.8) is 0 Å². The topological polar surface area (TPSA) is 109 Å². The molecule has 0 saturated carbocycles. The monoisotopic (exact) mass is 362 g/mol. The van der Waals surface area contributed by atoms with E-state index in [1.165, 1.54) is 18.2 Å². The highest BCUT2D eigenvalue weighted by Crippen LogP contribution is 2.40. The van der Waals surface area contributed by atoms with Crippen molar-refractivity contribution in [2.45, 2.75) is 9.79 Å². The molecule has 0 spiro atoms. The summed E-state index contributed by atoms with van der Waals surface area (Å²) in [7, 11) is -9.00. The molecular formula is C16H10O6S2. The van der Waals surface area contributed by atoms with E-state index >= 15 is 0 Å². The van der Waals surface area contributed by atoms with Crippen molar-refractivity contribution in [3.8, 4) is 0 Å². The molecule has 0 fully saturated rings. The Morgan fingerprint density at radius 2 is 1.21 bits per heavy atom. The Kier molecular flexibility index (Phi) is 2.95. The number of hydrogen-bond donors (Lipinski definition) is 2. The molecule has 0 aromatic heterocycles. The van der Waals surface area contributed by atoms with E-state index in [1.54, 1.807) is 18.2 Å². The van der Waals surface area contributed by atoms with Crippen LogP contribution in [0.4, 0.5) is 0 Å². The smallest absolute Gasteiger partial charge is 0.282 e. The molecule has 122 valence electrons.